The number of anilines is 1. The van der Waals surface area contributed by atoms with Crippen molar-refractivity contribution >= 4 is 5.69 Å². The van der Waals surface area contributed by atoms with Crippen LogP contribution in [0.3, 0.4) is 0 Å². The second-order valence-corrected chi connectivity index (χ2v) is 4.47. The van der Waals surface area contributed by atoms with Gasteiger partial charge in [-0.2, -0.15) is 13.2 Å². The molecule has 1 aliphatic heterocycles. The van der Waals surface area contributed by atoms with E-state index in [0.717, 1.165) is 36.3 Å². The first-order valence-electron chi connectivity index (χ1n) is 6.14. The van der Waals surface area contributed by atoms with Gasteiger partial charge in [0, 0.05) is 18.8 Å². The van der Waals surface area contributed by atoms with E-state index in [-0.39, 0.29) is 0 Å². The minimum absolute atomic E-state index is 0.364. The van der Waals surface area contributed by atoms with Gasteiger partial charge >= 0.3 is 6.18 Å². The highest BCUT2D eigenvalue weighted by atomic mass is 19.4. The van der Waals surface area contributed by atoms with Gasteiger partial charge in [0.05, 0.1) is 0 Å². The van der Waals surface area contributed by atoms with Gasteiger partial charge in [-0.15, -0.1) is 0 Å². The summed E-state index contributed by atoms with van der Waals surface area (Å²) in [5, 5.41) is 3.23. The van der Waals surface area contributed by atoms with Crippen LogP contribution in [0.25, 0.3) is 0 Å². The zero-order chi connectivity index (χ0) is 13.2. The number of hydrogen-bond acceptors (Lipinski definition) is 2. The molecular weight excluding hydrogens is 241 g/mol. The van der Waals surface area contributed by atoms with E-state index in [2.05, 4.69) is 5.32 Å². The number of halogens is 3. The maximum atomic E-state index is 12.6. The van der Waals surface area contributed by atoms with Crippen LogP contribution in [0.5, 0.6) is 0 Å². The largest absolute Gasteiger partial charge is 0.405 e. The Morgan fingerprint density at radius 2 is 2.11 bits per heavy atom. The van der Waals surface area contributed by atoms with Crippen molar-refractivity contribution in [2.24, 2.45) is 0 Å². The maximum Gasteiger partial charge on any atom is 0.405 e. The van der Waals surface area contributed by atoms with E-state index < -0.39 is 12.7 Å². The standard InChI is InChI=1S/C13H17F3N2/c1-2-18(9-13(14,15)16)12-5-3-4-10-8-17-7-6-11(10)12/h3-5,17H,2,6-9H2,1H3. The van der Waals surface area contributed by atoms with Gasteiger partial charge in [0.25, 0.3) is 0 Å². The van der Waals surface area contributed by atoms with Crippen molar-refractivity contribution in [1.29, 1.82) is 0 Å². The molecule has 0 atom stereocenters. The maximum absolute atomic E-state index is 12.6. The number of benzene rings is 1. The number of alkyl halides is 3. The van der Waals surface area contributed by atoms with Crippen molar-refractivity contribution in [3.05, 3.63) is 29.3 Å². The molecule has 0 aliphatic carbocycles. The summed E-state index contributed by atoms with van der Waals surface area (Å²) in [7, 11) is 0. The van der Waals surface area contributed by atoms with Gasteiger partial charge in [0.15, 0.2) is 0 Å². The molecular formula is C13H17F3N2. The highest BCUT2D eigenvalue weighted by Crippen LogP contribution is 2.29. The first kappa shape index (κ1) is 13.2. The van der Waals surface area contributed by atoms with Crippen LogP contribution in [0.15, 0.2) is 18.2 Å². The van der Waals surface area contributed by atoms with Crippen LogP contribution in [0.4, 0.5) is 18.9 Å². The van der Waals surface area contributed by atoms with Crippen molar-refractivity contribution in [2.75, 3.05) is 24.5 Å². The van der Waals surface area contributed by atoms with E-state index >= 15 is 0 Å². The minimum Gasteiger partial charge on any atom is -0.363 e. The first-order valence-corrected chi connectivity index (χ1v) is 6.14. The van der Waals surface area contributed by atoms with Crippen LogP contribution in [0, 0.1) is 0 Å². The molecule has 0 saturated heterocycles. The molecule has 100 valence electrons. The normalized spacial score (nSPS) is 15.3. The van der Waals surface area contributed by atoms with E-state index in [1.165, 1.54) is 4.90 Å². The summed E-state index contributed by atoms with van der Waals surface area (Å²) >= 11 is 0. The van der Waals surface area contributed by atoms with Gasteiger partial charge in [0.1, 0.15) is 6.54 Å². The summed E-state index contributed by atoms with van der Waals surface area (Å²) in [5.41, 5.74) is 2.90. The van der Waals surface area contributed by atoms with Gasteiger partial charge in [-0.05, 0) is 37.1 Å². The van der Waals surface area contributed by atoms with Crippen molar-refractivity contribution in [3.8, 4) is 0 Å². The second kappa shape index (κ2) is 5.18. The molecule has 0 aromatic heterocycles. The molecule has 1 N–H and O–H groups in total. The molecule has 1 aromatic rings. The molecule has 5 heteroatoms. The van der Waals surface area contributed by atoms with Crippen molar-refractivity contribution in [1.82, 2.24) is 5.32 Å². The Balaban J connectivity index is 2.30. The molecule has 1 aromatic carbocycles. The highest BCUT2D eigenvalue weighted by Gasteiger charge is 2.31. The topological polar surface area (TPSA) is 15.3 Å². The first-order chi connectivity index (χ1) is 8.51. The average molecular weight is 258 g/mol. The fraction of sp³-hybridized carbons (Fsp3) is 0.538. The van der Waals surface area contributed by atoms with E-state index in [0.29, 0.717) is 6.54 Å². The molecule has 1 aliphatic rings. The number of nitrogens with one attached hydrogen (secondary N) is 1. The van der Waals surface area contributed by atoms with Gasteiger partial charge < -0.3 is 10.2 Å². The lowest BCUT2D eigenvalue weighted by atomic mass is 9.98. The third kappa shape index (κ3) is 2.96. The van der Waals surface area contributed by atoms with E-state index in [1.54, 1.807) is 13.0 Å². The smallest absolute Gasteiger partial charge is 0.363 e. The van der Waals surface area contributed by atoms with Gasteiger partial charge in [-0.1, -0.05) is 12.1 Å². The van der Waals surface area contributed by atoms with E-state index in [9.17, 15) is 13.2 Å². The van der Waals surface area contributed by atoms with Crippen LogP contribution < -0.4 is 10.2 Å². The third-order valence-electron chi connectivity index (χ3n) is 3.21. The quantitative estimate of drug-likeness (QED) is 0.896. The van der Waals surface area contributed by atoms with Crippen LogP contribution in [-0.4, -0.2) is 25.8 Å². The molecule has 0 amide bonds. The molecule has 0 spiro atoms. The molecule has 0 radical (unpaired) electrons. The lowest BCUT2D eigenvalue weighted by Gasteiger charge is -2.29. The van der Waals surface area contributed by atoms with E-state index in [4.69, 9.17) is 0 Å². The predicted molar refractivity (Wildman–Crippen MR) is 65.8 cm³/mol. The third-order valence-corrected chi connectivity index (χ3v) is 3.21. The van der Waals surface area contributed by atoms with Gasteiger partial charge in [0.2, 0.25) is 0 Å². The monoisotopic (exact) mass is 258 g/mol. The Kier molecular flexibility index (Phi) is 3.80. The summed E-state index contributed by atoms with van der Waals surface area (Å²) < 4.78 is 37.7. The molecule has 0 bridgehead atoms. The molecule has 0 saturated carbocycles. The molecule has 1 heterocycles. The average Bonchev–Trinajstić information content (AvgIpc) is 2.34. The van der Waals surface area contributed by atoms with Crippen LogP contribution in [0.2, 0.25) is 0 Å². The summed E-state index contributed by atoms with van der Waals surface area (Å²) in [6, 6.07) is 5.60. The summed E-state index contributed by atoms with van der Waals surface area (Å²) in [6.45, 7) is 2.81. The van der Waals surface area contributed by atoms with Crippen LogP contribution >= 0.6 is 0 Å². The lowest BCUT2D eigenvalue weighted by Crippen LogP contribution is -2.36. The fourth-order valence-corrected chi connectivity index (χ4v) is 2.39. The molecule has 2 rings (SSSR count). The number of nitrogens with zero attached hydrogens (tertiary/aromatic N) is 1. The summed E-state index contributed by atoms with van der Waals surface area (Å²) in [4.78, 5) is 1.41. The number of rotatable bonds is 3. The van der Waals surface area contributed by atoms with Crippen molar-refractivity contribution < 1.29 is 13.2 Å². The Labute approximate surface area is 105 Å². The highest BCUT2D eigenvalue weighted by molar-refractivity contribution is 5.57. The summed E-state index contributed by atoms with van der Waals surface area (Å²) in [6.07, 6.45) is -3.37. The van der Waals surface area contributed by atoms with E-state index in [1.807, 2.05) is 12.1 Å². The molecule has 0 unspecified atom stereocenters. The zero-order valence-corrected chi connectivity index (χ0v) is 10.3. The Bertz CT molecular complexity index is 415. The van der Waals surface area contributed by atoms with Crippen LogP contribution in [-0.2, 0) is 13.0 Å². The Morgan fingerprint density at radius 3 is 2.78 bits per heavy atom. The Hall–Kier alpha value is -1.23. The SMILES string of the molecule is CCN(CC(F)(F)F)c1cccc2c1CCNC2. The van der Waals surface area contributed by atoms with Gasteiger partial charge in [-0.25, -0.2) is 0 Å². The zero-order valence-electron chi connectivity index (χ0n) is 10.3. The molecule has 0 fully saturated rings. The molecule has 18 heavy (non-hydrogen) atoms. The summed E-state index contributed by atoms with van der Waals surface area (Å²) in [5.74, 6) is 0. The van der Waals surface area contributed by atoms with Gasteiger partial charge in [-0.3, -0.25) is 0 Å². The predicted octanol–water partition coefficient (Wildman–Crippen LogP) is 2.72. The molecule has 2 nitrogen and oxygen atoms in total. The number of fused-ring (bicyclic) bond motifs is 1. The van der Waals surface area contributed by atoms with Crippen molar-refractivity contribution in [3.63, 3.8) is 0 Å². The Morgan fingerprint density at radius 1 is 1.33 bits per heavy atom. The second-order valence-electron chi connectivity index (χ2n) is 4.47. The van der Waals surface area contributed by atoms with Crippen molar-refractivity contribution in [2.45, 2.75) is 26.1 Å². The minimum atomic E-state index is -4.16. The number of hydrogen-bond donors (Lipinski definition) is 1. The van der Waals surface area contributed by atoms with Crippen LogP contribution in [0.1, 0.15) is 18.1 Å². The fourth-order valence-electron chi connectivity index (χ4n) is 2.39. The lowest BCUT2D eigenvalue weighted by molar-refractivity contribution is -0.119.